The molecule has 0 saturated carbocycles. The second-order valence-corrected chi connectivity index (χ2v) is 7.06. The molecule has 0 spiro atoms. The van der Waals surface area contributed by atoms with Gasteiger partial charge in [0.1, 0.15) is 18.2 Å². The van der Waals surface area contributed by atoms with Crippen molar-refractivity contribution in [1.82, 2.24) is 5.32 Å². The highest BCUT2D eigenvalue weighted by atomic mass is 19.1. The molecule has 3 aromatic rings. The van der Waals surface area contributed by atoms with Crippen molar-refractivity contribution < 1.29 is 23.4 Å². The molecule has 0 aromatic heterocycles. The predicted octanol–water partition coefficient (Wildman–Crippen LogP) is 4.35. The highest BCUT2D eigenvalue weighted by Gasteiger charge is 2.28. The first-order chi connectivity index (χ1) is 15.1. The standard InChI is InChI=1S/C25H19F2NO3/c26-23-12-16(13-24(27)21(23)14-29)6-5-11-28-25(30)31-15-22-19-9-3-1-7-17(19)18-8-2-4-10-20(18)22/h1-4,7-10,12-13,22,29H,11,14-15H2,(H,28,30). The lowest BCUT2D eigenvalue weighted by atomic mass is 9.98. The van der Waals surface area contributed by atoms with E-state index in [1.54, 1.807) is 0 Å². The molecule has 0 radical (unpaired) electrons. The molecule has 0 unspecified atom stereocenters. The fraction of sp³-hybridized carbons (Fsp3) is 0.160. The topological polar surface area (TPSA) is 58.6 Å². The van der Waals surface area contributed by atoms with E-state index in [1.165, 1.54) is 0 Å². The van der Waals surface area contributed by atoms with Crippen molar-refractivity contribution in [2.45, 2.75) is 12.5 Å². The van der Waals surface area contributed by atoms with Crippen LogP contribution in [0.1, 0.15) is 28.2 Å². The average molecular weight is 419 g/mol. The molecular formula is C25H19F2NO3. The number of hydrogen-bond acceptors (Lipinski definition) is 3. The van der Waals surface area contributed by atoms with Gasteiger partial charge in [-0.05, 0) is 34.4 Å². The number of halogens is 2. The Bertz CT molecular complexity index is 1130. The largest absolute Gasteiger partial charge is 0.449 e. The monoisotopic (exact) mass is 419 g/mol. The maximum atomic E-state index is 13.7. The van der Waals surface area contributed by atoms with Crippen LogP contribution in [0.3, 0.4) is 0 Å². The van der Waals surface area contributed by atoms with Gasteiger partial charge in [-0.3, -0.25) is 0 Å². The first-order valence-electron chi connectivity index (χ1n) is 9.75. The summed E-state index contributed by atoms with van der Waals surface area (Å²) >= 11 is 0. The van der Waals surface area contributed by atoms with Gasteiger partial charge in [0.05, 0.1) is 13.2 Å². The number of benzene rings is 3. The van der Waals surface area contributed by atoms with Crippen LogP contribution in [0, 0.1) is 23.5 Å². The second-order valence-electron chi connectivity index (χ2n) is 7.06. The molecule has 0 atom stereocenters. The number of hydrogen-bond donors (Lipinski definition) is 2. The molecule has 0 heterocycles. The van der Waals surface area contributed by atoms with Crippen molar-refractivity contribution in [2.24, 2.45) is 0 Å². The molecule has 1 aliphatic carbocycles. The zero-order chi connectivity index (χ0) is 21.8. The number of aliphatic hydroxyl groups excluding tert-OH is 1. The Morgan fingerprint density at radius 2 is 1.58 bits per heavy atom. The van der Waals surface area contributed by atoms with E-state index in [-0.39, 0.29) is 24.6 Å². The Labute approximate surface area is 178 Å². The van der Waals surface area contributed by atoms with Gasteiger partial charge >= 0.3 is 6.09 Å². The second kappa shape index (κ2) is 8.99. The van der Waals surface area contributed by atoms with Gasteiger partial charge in [0.15, 0.2) is 0 Å². The summed E-state index contributed by atoms with van der Waals surface area (Å²) in [5, 5.41) is 11.4. The predicted molar refractivity (Wildman–Crippen MR) is 112 cm³/mol. The molecule has 0 fully saturated rings. The minimum Gasteiger partial charge on any atom is -0.449 e. The van der Waals surface area contributed by atoms with Crippen LogP contribution in [0.25, 0.3) is 11.1 Å². The summed E-state index contributed by atoms with van der Waals surface area (Å²) in [5.41, 5.74) is 4.23. The summed E-state index contributed by atoms with van der Waals surface area (Å²) in [5.74, 6) is 3.43. The fourth-order valence-electron chi connectivity index (χ4n) is 3.74. The molecule has 0 aliphatic heterocycles. The van der Waals surface area contributed by atoms with Crippen LogP contribution in [0.5, 0.6) is 0 Å². The van der Waals surface area contributed by atoms with Crippen molar-refractivity contribution >= 4 is 6.09 Å². The highest BCUT2D eigenvalue weighted by molar-refractivity contribution is 5.79. The number of alkyl carbamates (subject to hydrolysis) is 1. The summed E-state index contributed by atoms with van der Waals surface area (Å²) in [6.07, 6.45) is -0.621. The molecule has 1 aliphatic rings. The van der Waals surface area contributed by atoms with E-state index in [1.807, 2.05) is 36.4 Å². The van der Waals surface area contributed by atoms with Crippen LogP contribution in [0.2, 0.25) is 0 Å². The molecular weight excluding hydrogens is 400 g/mol. The molecule has 4 rings (SSSR count). The minimum absolute atomic E-state index is 0.0400. The van der Waals surface area contributed by atoms with Crippen LogP contribution < -0.4 is 5.32 Å². The molecule has 0 saturated heterocycles. The summed E-state index contributed by atoms with van der Waals surface area (Å²) in [4.78, 5) is 12.1. The number of aliphatic hydroxyl groups is 1. The van der Waals surface area contributed by atoms with Gasteiger partial charge in [0, 0.05) is 17.0 Å². The molecule has 1 amide bonds. The van der Waals surface area contributed by atoms with E-state index in [9.17, 15) is 13.6 Å². The van der Waals surface area contributed by atoms with Crippen LogP contribution in [0.15, 0.2) is 60.7 Å². The van der Waals surface area contributed by atoms with Crippen LogP contribution >= 0.6 is 0 Å². The first-order valence-corrected chi connectivity index (χ1v) is 9.75. The molecule has 6 heteroatoms. The quantitative estimate of drug-likeness (QED) is 0.619. The molecule has 3 aromatic carbocycles. The van der Waals surface area contributed by atoms with Gasteiger partial charge in [-0.2, -0.15) is 0 Å². The number of carbonyl (C=O) groups is 1. The van der Waals surface area contributed by atoms with Crippen LogP contribution in [0.4, 0.5) is 13.6 Å². The Morgan fingerprint density at radius 1 is 1.00 bits per heavy atom. The normalized spacial score (nSPS) is 11.8. The van der Waals surface area contributed by atoms with Crippen LogP contribution in [-0.4, -0.2) is 24.4 Å². The lowest BCUT2D eigenvalue weighted by Crippen LogP contribution is -2.26. The maximum Gasteiger partial charge on any atom is 0.407 e. The van der Waals surface area contributed by atoms with Crippen LogP contribution in [-0.2, 0) is 11.3 Å². The van der Waals surface area contributed by atoms with E-state index >= 15 is 0 Å². The summed E-state index contributed by atoms with van der Waals surface area (Å²) in [7, 11) is 0. The van der Waals surface area contributed by atoms with Gasteiger partial charge in [-0.15, -0.1) is 0 Å². The smallest absolute Gasteiger partial charge is 0.407 e. The van der Waals surface area contributed by atoms with Gasteiger partial charge in [0.25, 0.3) is 0 Å². The third-order valence-corrected chi connectivity index (χ3v) is 5.20. The third kappa shape index (κ3) is 4.27. The summed E-state index contributed by atoms with van der Waals surface area (Å²) in [6, 6.07) is 18.2. The zero-order valence-corrected chi connectivity index (χ0v) is 16.5. The van der Waals surface area contributed by atoms with Gasteiger partial charge in [-0.25, -0.2) is 13.6 Å². The van der Waals surface area contributed by atoms with E-state index in [0.717, 1.165) is 34.4 Å². The maximum absolute atomic E-state index is 13.7. The van der Waals surface area contributed by atoms with Gasteiger partial charge in [-0.1, -0.05) is 60.4 Å². The number of fused-ring (bicyclic) bond motifs is 3. The van der Waals surface area contributed by atoms with Gasteiger partial charge < -0.3 is 15.2 Å². The zero-order valence-electron chi connectivity index (χ0n) is 16.5. The lowest BCUT2D eigenvalue weighted by molar-refractivity contribution is 0.144. The van der Waals surface area contributed by atoms with E-state index < -0.39 is 29.9 Å². The lowest BCUT2D eigenvalue weighted by Gasteiger charge is -2.14. The summed E-state index contributed by atoms with van der Waals surface area (Å²) < 4.78 is 32.7. The van der Waals surface area contributed by atoms with Crippen molar-refractivity contribution in [3.8, 4) is 23.0 Å². The van der Waals surface area contributed by atoms with Crippen molar-refractivity contribution in [1.29, 1.82) is 0 Å². The summed E-state index contributed by atoms with van der Waals surface area (Å²) in [6.45, 7) is -0.581. The number of nitrogens with one attached hydrogen (secondary N) is 1. The van der Waals surface area contributed by atoms with E-state index in [0.29, 0.717) is 0 Å². The molecule has 2 N–H and O–H groups in total. The molecule has 0 bridgehead atoms. The van der Waals surface area contributed by atoms with Crippen molar-refractivity contribution in [2.75, 3.05) is 13.2 Å². The molecule has 156 valence electrons. The molecule has 4 nitrogen and oxygen atoms in total. The Kier molecular flexibility index (Phi) is 5.96. The van der Waals surface area contributed by atoms with Gasteiger partial charge in [0.2, 0.25) is 0 Å². The number of carbonyl (C=O) groups excluding carboxylic acids is 1. The van der Waals surface area contributed by atoms with Crippen molar-refractivity contribution in [3.05, 3.63) is 94.6 Å². The van der Waals surface area contributed by atoms with E-state index in [2.05, 4.69) is 29.3 Å². The van der Waals surface area contributed by atoms with E-state index in [4.69, 9.17) is 9.84 Å². The minimum atomic E-state index is -0.865. The third-order valence-electron chi connectivity index (χ3n) is 5.20. The number of ether oxygens (including phenoxy) is 1. The Balaban J connectivity index is 1.35. The number of amides is 1. The fourth-order valence-corrected chi connectivity index (χ4v) is 3.74. The first kappa shape index (κ1) is 20.6. The molecule has 31 heavy (non-hydrogen) atoms. The highest BCUT2D eigenvalue weighted by Crippen LogP contribution is 2.44. The SMILES string of the molecule is O=C(NCC#Cc1cc(F)c(CO)c(F)c1)OCC1c2ccccc2-c2ccccc21. The average Bonchev–Trinajstić information content (AvgIpc) is 3.09. The van der Waals surface area contributed by atoms with Crippen molar-refractivity contribution in [3.63, 3.8) is 0 Å². The number of rotatable bonds is 4. The Morgan fingerprint density at radius 3 is 2.16 bits per heavy atom. The Hall–Kier alpha value is -3.69.